The average molecular weight is 448 g/mol. The molecule has 4 rings (SSSR count). The van der Waals surface area contributed by atoms with Crippen LogP contribution in [0, 0.1) is 0 Å². The van der Waals surface area contributed by atoms with E-state index in [0.29, 0.717) is 6.54 Å². The van der Waals surface area contributed by atoms with Gasteiger partial charge >= 0.3 is 0 Å². The van der Waals surface area contributed by atoms with Crippen LogP contribution < -0.4 is 0 Å². The van der Waals surface area contributed by atoms with Gasteiger partial charge in [0, 0.05) is 43.7 Å². The van der Waals surface area contributed by atoms with E-state index in [1.165, 1.54) is 0 Å². The lowest BCUT2D eigenvalue weighted by Crippen LogP contribution is -2.52. The van der Waals surface area contributed by atoms with Crippen molar-refractivity contribution in [3.8, 4) is 0 Å². The second-order valence-corrected chi connectivity index (χ2v) is 9.37. The second kappa shape index (κ2) is 8.54. The fourth-order valence-electron chi connectivity index (χ4n) is 4.82. The topological polar surface area (TPSA) is 43.9 Å². The highest BCUT2D eigenvalue weighted by Crippen LogP contribution is 2.45. The summed E-state index contributed by atoms with van der Waals surface area (Å²) in [6.07, 6.45) is 6.21. The maximum Gasteiger partial charge on any atom is 0.236 e. The van der Waals surface area contributed by atoms with Gasteiger partial charge in [0.25, 0.3) is 0 Å². The van der Waals surface area contributed by atoms with Gasteiger partial charge in [0.1, 0.15) is 0 Å². The Hall–Kier alpha value is -1.40. The Morgan fingerprint density at radius 3 is 2.14 bits per heavy atom. The van der Waals surface area contributed by atoms with Crippen LogP contribution in [0.2, 0.25) is 0 Å². The molecule has 0 aromatic heterocycles. The molecule has 1 saturated carbocycles. The van der Waals surface area contributed by atoms with Crippen molar-refractivity contribution in [3.63, 3.8) is 0 Å². The Labute approximate surface area is 176 Å². The summed E-state index contributed by atoms with van der Waals surface area (Å²) in [7, 11) is 0. The molecule has 6 heteroatoms. The van der Waals surface area contributed by atoms with Gasteiger partial charge in [-0.1, -0.05) is 34.5 Å². The minimum atomic E-state index is -0.332. The number of hydrogen-bond donors (Lipinski definition) is 0. The van der Waals surface area contributed by atoms with Gasteiger partial charge in [-0.05, 0) is 49.8 Å². The van der Waals surface area contributed by atoms with Gasteiger partial charge in [-0.3, -0.25) is 14.5 Å². The third kappa shape index (κ3) is 3.99. The molecule has 2 aliphatic heterocycles. The molecule has 2 amide bonds. The van der Waals surface area contributed by atoms with Gasteiger partial charge in [-0.25, -0.2) is 0 Å². The molecule has 1 aliphatic carbocycles. The Morgan fingerprint density at radius 1 is 0.821 bits per heavy atom. The van der Waals surface area contributed by atoms with Gasteiger partial charge < -0.3 is 9.80 Å². The fraction of sp³-hybridized carbons (Fsp3) is 0.636. The van der Waals surface area contributed by atoms with E-state index in [1.807, 2.05) is 17.0 Å². The van der Waals surface area contributed by atoms with Crippen LogP contribution in [0.4, 0.5) is 0 Å². The Kier molecular flexibility index (Phi) is 6.07. The normalized spacial score (nSPS) is 22.6. The van der Waals surface area contributed by atoms with E-state index in [-0.39, 0.29) is 17.2 Å². The van der Waals surface area contributed by atoms with Crippen molar-refractivity contribution in [2.75, 3.05) is 45.8 Å². The van der Waals surface area contributed by atoms with Gasteiger partial charge in [0.15, 0.2) is 0 Å². The molecule has 28 heavy (non-hydrogen) atoms. The standard InChI is InChI=1S/C22H30BrN3O2/c23-19-7-5-18(6-8-19)22(9-3-10-22)21(28)26-14-4-11-24(15-16-26)17-20(27)25-12-1-2-13-25/h5-8H,1-4,9-17H2. The highest BCUT2D eigenvalue weighted by Gasteiger charge is 2.47. The first-order valence-electron chi connectivity index (χ1n) is 10.6. The number of carbonyl (C=O) groups excluding carboxylic acids is 2. The van der Waals surface area contributed by atoms with Gasteiger partial charge in [0.2, 0.25) is 11.8 Å². The van der Waals surface area contributed by atoms with E-state index in [2.05, 4.69) is 37.9 Å². The quantitative estimate of drug-likeness (QED) is 0.712. The largest absolute Gasteiger partial charge is 0.342 e. The number of rotatable bonds is 4. The first kappa shape index (κ1) is 19.9. The summed E-state index contributed by atoms with van der Waals surface area (Å²) < 4.78 is 1.05. The lowest BCUT2D eigenvalue weighted by molar-refractivity contribution is -0.140. The Morgan fingerprint density at radius 2 is 1.50 bits per heavy atom. The maximum absolute atomic E-state index is 13.5. The molecule has 3 fully saturated rings. The smallest absolute Gasteiger partial charge is 0.236 e. The molecule has 2 saturated heterocycles. The summed E-state index contributed by atoms with van der Waals surface area (Å²) in [5.41, 5.74) is 0.818. The van der Waals surface area contributed by atoms with Gasteiger partial charge in [-0.15, -0.1) is 0 Å². The minimum Gasteiger partial charge on any atom is -0.342 e. The molecular weight excluding hydrogens is 418 g/mol. The van der Waals surface area contributed by atoms with E-state index < -0.39 is 0 Å². The van der Waals surface area contributed by atoms with E-state index in [4.69, 9.17) is 0 Å². The van der Waals surface area contributed by atoms with Crippen molar-refractivity contribution < 1.29 is 9.59 Å². The molecule has 0 atom stereocenters. The lowest BCUT2D eigenvalue weighted by atomic mass is 9.63. The van der Waals surface area contributed by atoms with E-state index in [1.54, 1.807) is 0 Å². The maximum atomic E-state index is 13.5. The third-order valence-electron chi connectivity index (χ3n) is 6.71. The first-order chi connectivity index (χ1) is 13.6. The Balaban J connectivity index is 1.38. The van der Waals surface area contributed by atoms with Crippen molar-refractivity contribution in [2.45, 2.75) is 43.9 Å². The number of hydrogen-bond acceptors (Lipinski definition) is 3. The van der Waals surface area contributed by atoms with E-state index >= 15 is 0 Å². The van der Waals surface area contributed by atoms with Crippen LogP contribution in [0.3, 0.4) is 0 Å². The van der Waals surface area contributed by atoms with Crippen LogP contribution in [-0.4, -0.2) is 72.3 Å². The summed E-state index contributed by atoms with van der Waals surface area (Å²) in [6.45, 7) is 5.53. The molecule has 3 aliphatic rings. The minimum absolute atomic E-state index is 0.252. The zero-order valence-electron chi connectivity index (χ0n) is 16.5. The number of halogens is 1. The van der Waals surface area contributed by atoms with Crippen molar-refractivity contribution in [1.29, 1.82) is 0 Å². The molecule has 0 unspecified atom stereocenters. The van der Waals surface area contributed by atoms with Crippen LogP contribution in [0.15, 0.2) is 28.7 Å². The number of carbonyl (C=O) groups is 2. The summed E-state index contributed by atoms with van der Waals surface area (Å²) in [4.78, 5) is 32.3. The molecular formula is C22H30BrN3O2. The van der Waals surface area contributed by atoms with Crippen molar-refractivity contribution in [2.24, 2.45) is 0 Å². The average Bonchev–Trinajstić information content (AvgIpc) is 3.10. The second-order valence-electron chi connectivity index (χ2n) is 8.45. The molecule has 5 nitrogen and oxygen atoms in total. The highest BCUT2D eigenvalue weighted by atomic mass is 79.9. The summed E-state index contributed by atoms with van der Waals surface area (Å²) in [5.74, 6) is 0.538. The van der Waals surface area contributed by atoms with Crippen molar-refractivity contribution in [3.05, 3.63) is 34.3 Å². The highest BCUT2D eigenvalue weighted by molar-refractivity contribution is 9.10. The van der Waals surface area contributed by atoms with E-state index in [0.717, 1.165) is 87.8 Å². The molecule has 152 valence electrons. The van der Waals surface area contributed by atoms with Crippen molar-refractivity contribution >= 4 is 27.7 Å². The van der Waals surface area contributed by atoms with E-state index in [9.17, 15) is 9.59 Å². The van der Waals surface area contributed by atoms with Crippen LogP contribution in [0.25, 0.3) is 0 Å². The zero-order valence-corrected chi connectivity index (χ0v) is 18.1. The number of benzene rings is 1. The summed E-state index contributed by atoms with van der Waals surface area (Å²) in [5, 5.41) is 0. The van der Waals surface area contributed by atoms with Crippen LogP contribution in [-0.2, 0) is 15.0 Å². The SMILES string of the molecule is O=C(CN1CCCN(C(=O)C2(c3ccc(Br)cc3)CCC2)CC1)N1CCCC1. The van der Waals surface area contributed by atoms with Gasteiger partial charge in [0.05, 0.1) is 12.0 Å². The monoisotopic (exact) mass is 447 g/mol. The summed E-state index contributed by atoms with van der Waals surface area (Å²) >= 11 is 3.49. The lowest BCUT2D eigenvalue weighted by Gasteiger charge is -2.44. The summed E-state index contributed by atoms with van der Waals surface area (Å²) in [6, 6.07) is 8.27. The van der Waals surface area contributed by atoms with Crippen LogP contribution in [0.5, 0.6) is 0 Å². The number of nitrogens with zero attached hydrogens (tertiary/aromatic N) is 3. The predicted octanol–water partition coefficient (Wildman–Crippen LogP) is 3.03. The number of amides is 2. The molecule has 0 bridgehead atoms. The molecule has 0 N–H and O–H groups in total. The Bertz CT molecular complexity index is 711. The third-order valence-corrected chi connectivity index (χ3v) is 7.24. The molecule has 0 spiro atoms. The van der Waals surface area contributed by atoms with Crippen molar-refractivity contribution in [1.82, 2.24) is 14.7 Å². The fourth-order valence-corrected chi connectivity index (χ4v) is 5.08. The molecule has 1 aromatic carbocycles. The number of likely N-dealkylation sites (tertiary alicyclic amines) is 1. The van der Waals surface area contributed by atoms with Crippen LogP contribution in [0.1, 0.15) is 44.1 Å². The zero-order chi connectivity index (χ0) is 19.6. The predicted molar refractivity (Wildman–Crippen MR) is 113 cm³/mol. The molecule has 2 heterocycles. The molecule has 1 aromatic rings. The van der Waals surface area contributed by atoms with Gasteiger partial charge in [-0.2, -0.15) is 0 Å². The molecule has 0 radical (unpaired) electrons. The first-order valence-corrected chi connectivity index (χ1v) is 11.4. The van der Waals surface area contributed by atoms with Crippen LogP contribution >= 0.6 is 15.9 Å².